The lowest BCUT2D eigenvalue weighted by atomic mass is 10.0. The SMILES string of the molecule is CCN1C(=O)C(Cc2ccc(C)cc2)Oc2cc(N)ccc21. The van der Waals surface area contributed by atoms with Crippen molar-refractivity contribution < 1.29 is 9.53 Å². The van der Waals surface area contributed by atoms with Crippen LogP contribution in [0.15, 0.2) is 42.5 Å². The van der Waals surface area contributed by atoms with Crippen molar-refractivity contribution in [3.63, 3.8) is 0 Å². The van der Waals surface area contributed by atoms with E-state index < -0.39 is 6.10 Å². The summed E-state index contributed by atoms with van der Waals surface area (Å²) in [5.74, 6) is 0.680. The molecule has 0 aliphatic carbocycles. The fourth-order valence-electron chi connectivity index (χ4n) is 2.74. The van der Waals surface area contributed by atoms with Gasteiger partial charge < -0.3 is 15.4 Å². The molecule has 2 N–H and O–H groups in total. The number of anilines is 2. The van der Waals surface area contributed by atoms with Gasteiger partial charge in [0, 0.05) is 24.7 Å². The summed E-state index contributed by atoms with van der Waals surface area (Å²) in [4.78, 5) is 14.4. The van der Waals surface area contributed by atoms with Gasteiger partial charge in [-0.05, 0) is 31.5 Å². The fraction of sp³-hybridized carbons (Fsp3) is 0.278. The molecule has 1 heterocycles. The van der Waals surface area contributed by atoms with Crippen molar-refractivity contribution in [3.05, 3.63) is 53.6 Å². The van der Waals surface area contributed by atoms with E-state index in [-0.39, 0.29) is 5.91 Å². The van der Waals surface area contributed by atoms with Gasteiger partial charge in [-0.2, -0.15) is 0 Å². The molecule has 4 heteroatoms. The number of nitrogen functional groups attached to an aromatic ring is 1. The van der Waals surface area contributed by atoms with Gasteiger partial charge in [0.15, 0.2) is 6.10 Å². The third kappa shape index (κ3) is 2.64. The maximum atomic E-state index is 12.6. The highest BCUT2D eigenvalue weighted by molar-refractivity contribution is 6.00. The van der Waals surface area contributed by atoms with Crippen molar-refractivity contribution in [2.24, 2.45) is 0 Å². The topological polar surface area (TPSA) is 55.6 Å². The zero-order valence-electron chi connectivity index (χ0n) is 12.9. The van der Waals surface area contributed by atoms with Crippen LogP contribution in [0.2, 0.25) is 0 Å². The van der Waals surface area contributed by atoms with Crippen LogP contribution >= 0.6 is 0 Å². The van der Waals surface area contributed by atoms with Gasteiger partial charge in [-0.25, -0.2) is 0 Å². The van der Waals surface area contributed by atoms with E-state index >= 15 is 0 Å². The highest BCUT2D eigenvalue weighted by atomic mass is 16.5. The van der Waals surface area contributed by atoms with E-state index in [0.29, 0.717) is 24.4 Å². The van der Waals surface area contributed by atoms with Crippen molar-refractivity contribution in [2.45, 2.75) is 26.4 Å². The minimum absolute atomic E-state index is 0.000321. The van der Waals surface area contributed by atoms with Gasteiger partial charge in [0.1, 0.15) is 5.75 Å². The van der Waals surface area contributed by atoms with Crippen molar-refractivity contribution in [1.29, 1.82) is 0 Å². The summed E-state index contributed by atoms with van der Waals surface area (Å²) in [6.45, 7) is 4.62. The van der Waals surface area contributed by atoms with Crippen molar-refractivity contribution in [1.82, 2.24) is 0 Å². The molecule has 22 heavy (non-hydrogen) atoms. The first-order valence-corrected chi connectivity index (χ1v) is 7.51. The van der Waals surface area contributed by atoms with Gasteiger partial charge in [0.25, 0.3) is 5.91 Å². The molecule has 0 fully saturated rings. The molecule has 0 saturated heterocycles. The molecule has 0 saturated carbocycles. The number of hydrogen-bond donors (Lipinski definition) is 1. The lowest BCUT2D eigenvalue weighted by molar-refractivity contribution is -0.126. The normalized spacial score (nSPS) is 17.1. The number of carbonyl (C=O) groups excluding carboxylic acids is 1. The van der Waals surface area contributed by atoms with Gasteiger partial charge in [0.05, 0.1) is 5.69 Å². The Bertz CT molecular complexity index is 695. The first-order valence-electron chi connectivity index (χ1n) is 7.51. The molecule has 4 nitrogen and oxygen atoms in total. The summed E-state index contributed by atoms with van der Waals surface area (Å²) in [5.41, 5.74) is 9.56. The predicted molar refractivity (Wildman–Crippen MR) is 88.2 cm³/mol. The van der Waals surface area contributed by atoms with E-state index in [2.05, 4.69) is 0 Å². The molecule has 0 radical (unpaired) electrons. The Labute approximate surface area is 130 Å². The van der Waals surface area contributed by atoms with E-state index in [0.717, 1.165) is 11.3 Å². The summed E-state index contributed by atoms with van der Waals surface area (Å²) < 4.78 is 5.92. The molecule has 2 aromatic carbocycles. The zero-order valence-corrected chi connectivity index (χ0v) is 12.9. The number of fused-ring (bicyclic) bond motifs is 1. The second kappa shape index (κ2) is 5.72. The fourth-order valence-corrected chi connectivity index (χ4v) is 2.74. The Morgan fingerprint density at radius 2 is 1.91 bits per heavy atom. The smallest absolute Gasteiger partial charge is 0.268 e. The van der Waals surface area contributed by atoms with E-state index in [1.165, 1.54) is 5.56 Å². The number of amides is 1. The minimum atomic E-state index is -0.503. The zero-order chi connectivity index (χ0) is 15.7. The van der Waals surface area contributed by atoms with Crippen LogP contribution in [0.3, 0.4) is 0 Å². The minimum Gasteiger partial charge on any atom is -0.478 e. The lowest BCUT2D eigenvalue weighted by Crippen LogP contribution is -2.46. The quantitative estimate of drug-likeness (QED) is 0.886. The van der Waals surface area contributed by atoms with Crippen molar-refractivity contribution >= 4 is 17.3 Å². The Balaban J connectivity index is 1.90. The van der Waals surface area contributed by atoms with Crippen LogP contribution in [-0.4, -0.2) is 18.6 Å². The molecule has 1 unspecified atom stereocenters. The molecule has 1 aliphatic rings. The summed E-state index contributed by atoms with van der Waals surface area (Å²) >= 11 is 0. The highest BCUT2D eigenvalue weighted by Crippen LogP contribution is 2.36. The monoisotopic (exact) mass is 296 g/mol. The van der Waals surface area contributed by atoms with Crippen LogP contribution in [0.1, 0.15) is 18.1 Å². The molecular formula is C18H20N2O2. The van der Waals surface area contributed by atoms with Crippen LogP contribution in [0.25, 0.3) is 0 Å². The number of hydrogen-bond acceptors (Lipinski definition) is 3. The Morgan fingerprint density at radius 3 is 2.59 bits per heavy atom. The number of nitrogens with two attached hydrogens (primary N) is 1. The number of likely N-dealkylation sites (N-methyl/N-ethyl adjacent to an activating group) is 1. The number of ether oxygens (including phenoxy) is 1. The molecule has 0 spiro atoms. The summed E-state index contributed by atoms with van der Waals surface area (Å²) in [5, 5.41) is 0. The molecule has 0 aromatic heterocycles. The number of aryl methyl sites for hydroxylation is 1. The van der Waals surface area contributed by atoms with Crippen LogP contribution in [0, 0.1) is 6.92 Å². The molecule has 1 atom stereocenters. The summed E-state index contributed by atoms with van der Waals surface area (Å²) in [7, 11) is 0. The van der Waals surface area contributed by atoms with Gasteiger partial charge in [-0.3, -0.25) is 4.79 Å². The van der Waals surface area contributed by atoms with Crippen molar-refractivity contribution in [2.75, 3.05) is 17.2 Å². The van der Waals surface area contributed by atoms with Gasteiger partial charge in [-0.15, -0.1) is 0 Å². The van der Waals surface area contributed by atoms with E-state index in [9.17, 15) is 4.79 Å². The number of rotatable bonds is 3. The lowest BCUT2D eigenvalue weighted by Gasteiger charge is -2.34. The predicted octanol–water partition coefficient (Wildman–Crippen LogP) is 2.93. The number of nitrogens with zero attached hydrogens (tertiary/aromatic N) is 1. The van der Waals surface area contributed by atoms with Crippen LogP contribution in [0.4, 0.5) is 11.4 Å². The average molecular weight is 296 g/mol. The second-order valence-electron chi connectivity index (χ2n) is 5.61. The standard InChI is InChI=1S/C18H20N2O2/c1-3-20-15-9-8-14(19)11-16(15)22-17(18(20)21)10-13-6-4-12(2)5-7-13/h4-9,11,17H,3,10,19H2,1-2H3. The Kier molecular flexibility index (Phi) is 3.75. The molecular weight excluding hydrogens is 276 g/mol. The maximum absolute atomic E-state index is 12.6. The van der Waals surface area contributed by atoms with Crippen molar-refractivity contribution in [3.8, 4) is 5.75 Å². The van der Waals surface area contributed by atoms with Gasteiger partial charge >= 0.3 is 0 Å². The van der Waals surface area contributed by atoms with E-state index in [4.69, 9.17) is 10.5 Å². The van der Waals surface area contributed by atoms with E-state index in [1.54, 1.807) is 17.0 Å². The molecule has 3 rings (SSSR count). The molecule has 114 valence electrons. The molecule has 1 aliphatic heterocycles. The number of benzene rings is 2. The molecule has 0 bridgehead atoms. The van der Waals surface area contributed by atoms with Crippen LogP contribution < -0.4 is 15.4 Å². The second-order valence-corrected chi connectivity index (χ2v) is 5.61. The Morgan fingerprint density at radius 1 is 1.18 bits per heavy atom. The first-order chi connectivity index (χ1) is 10.6. The number of carbonyl (C=O) groups is 1. The summed E-state index contributed by atoms with van der Waals surface area (Å²) in [6.07, 6.45) is 0.0566. The molecule has 1 amide bonds. The third-order valence-electron chi connectivity index (χ3n) is 3.94. The van der Waals surface area contributed by atoms with Gasteiger partial charge in [-0.1, -0.05) is 29.8 Å². The van der Waals surface area contributed by atoms with Crippen LogP contribution in [0.5, 0.6) is 5.75 Å². The molecule has 2 aromatic rings. The van der Waals surface area contributed by atoms with Crippen LogP contribution in [-0.2, 0) is 11.2 Å². The average Bonchev–Trinajstić information content (AvgIpc) is 2.50. The summed E-state index contributed by atoms with van der Waals surface area (Å²) in [6, 6.07) is 13.6. The maximum Gasteiger partial charge on any atom is 0.268 e. The third-order valence-corrected chi connectivity index (χ3v) is 3.94. The van der Waals surface area contributed by atoms with E-state index in [1.807, 2.05) is 44.2 Å². The first kappa shape index (κ1) is 14.4. The Hall–Kier alpha value is -2.49. The largest absolute Gasteiger partial charge is 0.478 e. The highest BCUT2D eigenvalue weighted by Gasteiger charge is 2.33. The van der Waals surface area contributed by atoms with Gasteiger partial charge in [0.2, 0.25) is 0 Å².